The molecule has 4 nitrogen and oxygen atoms in total. The molecule has 1 fully saturated rings. The first-order valence-corrected chi connectivity index (χ1v) is 5.59. The minimum Gasteiger partial charge on any atom is -0.264 e. The maximum absolute atomic E-state index is 11.6. The molecule has 4 heteroatoms. The van der Waals surface area contributed by atoms with Crippen molar-refractivity contribution in [3.63, 3.8) is 0 Å². The van der Waals surface area contributed by atoms with E-state index < -0.39 is 5.54 Å². The first-order chi connectivity index (χ1) is 8.14. The summed E-state index contributed by atoms with van der Waals surface area (Å²) in [6.07, 6.45) is 6.59. The molecule has 1 aromatic heterocycles. The average Bonchev–Trinajstić information content (AvgIpc) is 2.67. The van der Waals surface area contributed by atoms with Gasteiger partial charge in [-0.3, -0.25) is 15.1 Å². The fourth-order valence-corrected chi connectivity index (χ4v) is 3.01. The average molecular weight is 228 g/mol. The predicted molar refractivity (Wildman–Crippen MR) is 63.8 cm³/mol. The lowest BCUT2D eigenvalue weighted by molar-refractivity contribution is -0.584. The summed E-state index contributed by atoms with van der Waals surface area (Å²) < 4.78 is 0. The summed E-state index contributed by atoms with van der Waals surface area (Å²) in [6, 6.07) is 3.58. The Morgan fingerprint density at radius 3 is 3.18 bits per heavy atom. The van der Waals surface area contributed by atoms with E-state index in [1.165, 1.54) is 0 Å². The van der Waals surface area contributed by atoms with Crippen molar-refractivity contribution in [3.05, 3.63) is 57.9 Å². The second-order valence-electron chi connectivity index (χ2n) is 4.71. The Kier molecular flexibility index (Phi) is 1.96. The van der Waals surface area contributed by atoms with Crippen LogP contribution in [0, 0.1) is 16.0 Å². The Morgan fingerprint density at radius 2 is 2.41 bits per heavy atom. The molecule has 0 radical (unpaired) electrons. The summed E-state index contributed by atoms with van der Waals surface area (Å²) in [7, 11) is 0. The van der Waals surface area contributed by atoms with Crippen molar-refractivity contribution < 1.29 is 4.92 Å². The highest BCUT2D eigenvalue weighted by Gasteiger charge is 2.57. The maximum atomic E-state index is 11.6. The van der Waals surface area contributed by atoms with Crippen LogP contribution >= 0.6 is 0 Å². The van der Waals surface area contributed by atoms with Gasteiger partial charge in [-0.25, -0.2) is 0 Å². The van der Waals surface area contributed by atoms with Crippen molar-refractivity contribution in [3.8, 4) is 0 Å². The van der Waals surface area contributed by atoms with Crippen LogP contribution in [0.4, 0.5) is 0 Å². The van der Waals surface area contributed by atoms with E-state index in [-0.39, 0.29) is 10.8 Å². The van der Waals surface area contributed by atoms with E-state index in [2.05, 4.69) is 11.6 Å². The van der Waals surface area contributed by atoms with Gasteiger partial charge in [0.1, 0.15) is 0 Å². The van der Waals surface area contributed by atoms with E-state index in [1.54, 1.807) is 12.3 Å². The lowest BCUT2D eigenvalue weighted by Gasteiger charge is -2.29. The first kappa shape index (κ1) is 10.2. The number of nitrogens with zero attached hydrogens (tertiary/aromatic N) is 2. The van der Waals surface area contributed by atoms with E-state index >= 15 is 0 Å². The van der Waals surface area contributed by atoms with E-state index in [1.807, 2.05) is 18.2 Å². The molecule has 0 bridgehead atoms. The first-order valence-electron chi connectivity index (χ1n) is 5.59. The highest BCUT2D eigenvalue weighted by molar-refractivity contribution is 5.57. The largest absolute Gasteiger partial charge is 0.264 e. The van der Waals surface area contributed by atoms with Gasteiger partial charge in [-0.2, -0.15) is 0 Å². The van der Waals surface area contributed by atoms with Gasteiger partial charge in [0.2, 0.25) is 0 Å². The second kappa shape index (κ2) is 3.26. The summed E-state index contributed by atoms with van der Waals surface area (Å²) in [5.41, 5.74) is 1.37. The second-order valence-corrected chi connectivity index (χ2v) is 4.71. The lowest BCUT2D eigenvalue weighted by atomic mass is 9.76. The molecular formula is C13H12N2O2. The third kappa shape index (κ3) is 1.21. The van der Waals surface area contributed by atoms with Gasteiger partial charge in [-0.15, -0.1) is 0 Å². The Morgan fingerprint density at radius 1 is 1.59 bits per heavy atom. The minimum absolute atomic E-state index is 0.0818. The van der Waals surface area contributed by atoms with E-state index in [9.17, 15) is 10.1 Å². The van der Waals surface area contributed by atoms with Crippen LogP contribution in [0.2, 0.25) is 0 Å². The highest BCUT2D eigenvalue weighted by Crippen LogP contribution is 2.51. The molecule has 2 aliphatic rings. The van der Waals surface area contributed by atoms with Gasteiger partial charge in [0.15, 0.2) is 0 Å². The van der Waals surface area contributed by atoms with Gasteiger partial charge in [-0.1, -0.05) is 18.2 Å². The molecule has 0 aliphatic heterocycles. The van der Waals surface area contributed by atoms with Crippen LogP contribution in [-0.2, 0) is 5.54 Å². The summed E-state index contributed by atoms with van der Waals surface area (Å²) >= 11 is 0. The summed E-state index contributed by atoms with van der Waals surface area (Å²) in [5.74, 6) is -0.0818. The van der Waals surface area contributed by atoms with Gasteiger partial charge in [0.25, 0.3) is 5.54 Å². The molecule has 2 aliphatic carbocycles. The number of nitro groups is 1. The number of aromatic nitrogens is 1. The molecule has 1 saturated carbocycles. The number of hydrogen-bond acceptors (Lipinski definition) is 3. The molecular weight excluding hydrogens is 216 g/mol. The van der Waals surface area contributed by atoms with E-state index in [0.29, 0.717) is 12.8 Å². The molecule has 17 heavy (non-hydrogen) atoms. The van der Waals surface area contributed by atoms with Crippen LogP contribution in [0.25, 0.3) is 6.08 Å². The predicted octanol–water partition coefficient (Wildman–Crippen LogP) is 2.55. The van der Waals surface area contributed by atoms with Crippen molar-refractivity contribution >= 4 is 6.08 Å². The highest BCUT2D eigenvalue weighted by atomic mass is 16.6. The van der Waals surface area contributed by atoms with Crippen molar-refractivity contribution in [1.82, 2.24) is 4.98 Å². The zero-order valence-electron chi connectivity index (χ0n) is 9.30. The van der Waals surface area contributed by atoms with E-state index in [0.717, 1.165) is 16.8 Å². The van der Waals surface area contributed by atoms with Crippen LogP contribution in [0.5, 0.6) is 0 Å². The van der Waals surface area contributed by atoms with Crippen molar-refractivity contribution in [2.45, 2.75) is 18.4 Å². The molecule has 0 aromatic carbocycles. The molecule has 3 rings (SSSR count). The lowest BCUT2D eigenvalue weighted by Crippen LogP contribution is -2.40. The summed E-state index contributed by atoms with van der Waals surface area (Å²) in [5, 5.41) is 11.6. The number of fused-ring (bicyclic) bond motifs is 3. The van der Waals surface area contributed by atoms with Crippen molar-refractivity contribution in [2.75, 3.05) is 0 Å². The maximum Gasteiger partial charge on any atom is 0.259 e. The number of hydrogen-bond donors (Lipinski definition) is 0. The molecule has 2 atom stereocenters. The van der Waals surface area contributed by atoms with Gasteiger partial charge in [0, 0.05) is 17.5 Å². The molecule has 0 spiro atoms. The molecule has 0 saturated heterocycles. The Labute approximate surface area is 98.8 Å². The quantitative estimate of drug-likeness (QED) is 0.421. The number of rotatable bonds is 1. The Bertz CT molecular complexity index is 550. The summed E-state index contributed by atoms with van der Waals surface area (Å²) in [4.78, 5) is 15.6. The monoisotopic (exact) mass is 228 g/mol. The molecule has 86 valence electrons. The fraction of sp³-hybridized carbons (Fsp3) is 0.308. The van der Waals surface area contributed by atoms with Crippen LogP contribution in [0.15, 0.2) is 36.6 Å². The smallest absolute Gasteiger partial charge is 0.259 e. The van der Waals surface area contributed by atoms with E-state index in [4.69, 9.17) is 0 Å². The molecule has 1 heterocycles. The Balaban J connectivity index is 2.27. The van der Waals surface area contributed by atoms with Gasteiger partial charge < -0.3 is 0 Å². The van der Waals surface area contributed by atoms with Crippen LogP contribution in [0.3, 0.4) is 0 Å². The topological polar surface area (TPSA) is 56.0 Å². The molecule has 0 N–H and O–H groups in total. The van der Waals surface area contributed by atoms with Crippen LogP contribution < -0.4 is 0 Å². The fourth-order valence-electron chi connectivity index (χ4n) is 3.01. The molecule has 0 unspecified atom stereocenters. The zero-order valence-corrected chi connectivity index (χ0v) is 9.30. The van der Waals surface area contributed by atoms with Gasteiger partial charge >= 0.3 is 0 Å². The Hall–Kier alpha value is -1.97. The zero-order chi connectivity index (χ0) is 12.0. The standard InChI is InChI=1S/C13H12N2O2/c1-9-7-10-4-5-12-11(3-2-6-14-12)13(10,8-9)15(16)17/h2-6,10H,1,7-8H2/t10-,13-/m1/s1. The van der Waals surface area contributed by atoms with Gasteiger partial charge in [-0.05, 0) is 24.6 Å². The minimum atomic E-state index is -1.03. The SMILES string of the molecule is C=C1C[C@H]2C=Cc3ncccc3[C@@]2([N+](=O)[O-])C1. The summed E-state index contributed by atoms with van der Waals surface area (Å²) in [6.45, 7) is 3.92. The molecule has 1 aromatic rings. The molecule has 0 amide bonds. The normalized spacial score (nSPS) is 29.9. The number of pyridine rings is 1. The van der Waals surface area contributed by atoms with Gasteiger partial charge in [0.05, 0.1) is 17.2 Å². The third-order valence-corrected chi connectivity index (χ3v) is 3.76. The van der Waals surface area contributed by atoms with Crippen molar-refractivity contribution in [2.24, 2.45) is 5.92 Å². The van der Waals surface area contributed by atoms with Crippen molar-refractivity contribution in [1.29, 1.82) is 0 Å². The third-order valence-electron chi connectivity index (χ3n) is 3.76. The van der Waals surface area contributed by atoms with Crippen LogP contribution in [-0.4, -0.2) is 9.91 Å². The van der Waals surface area contributed by atoms with Crippen LogP contribution in [0.1, 0.15) is 24.1 Å².